The number of nitrogens with two attached hydrogens (primary N) is 1. The predicted molar refractivity (Wildman–Crippen MR) is 69.7 cm³/mol. The van der Waals surface area contributed by atoms with Crippen molar-refractivity contribution in [2.75, 3.05) is 17.7 Å². The fraction of sp³-hybridized carbons (Fsp3) is 0.231. The normalized spacial score (nSPS) is 10.2. The highest BCUT2D eigenvalue weighted by Crippen LogP contribution is 2.13. The maximum absolute atomic E-state index is 5.61. The molecule has 4 nitrogen and oxygen atoms in total. The van der Waals surface area contributed by atoms with Crippen LogP contribution in [0.3, 0.4) is 0 Å². The molecular weight excluding hydrogens is 212 g/mol. The second-order valence-electron chi connectivity index (χ2n) is 4.08. The molecule has 0 amide bonds. The van der Waals surface area contributed by atoms with Gasteiger partial charge in [0.15, 0.2) is 0 Å². The molecule has 0 aromatic carbocycles. The van der Waals surface area contributed by atoms with Crippen LogP contribution in [0.25, 0.3) is 0 Å². The zero-order chi connectivity index (χ0) is 12.3. The van der Waals surface area contributed by atoms with Gasteiger partial charge in [-0.2, -0.15) is 0 Å². The van der Waals surface area contributed by atoms with Gasteiger partial charge in [-0.15, -0.1) is 0 Å². The van der Waals surface area contributed by atoms with Gasteiger partial charge in [0.2, 0.25) is 0 Å². The minimum atomic E-state index is 0.677. The van der Waals surface area contributed by atoms with Gasteiger partial charge in [-0.25, -0.2) is 4.98 Å². The third kappa shape index (κ3) is 2.93. The summed E-state index contributed by atoms with van der Waals surface area (Å²) in [6, 6.07) is 9.78. The lowest BCUT2D eigenvalue weighted by Gasteiger charge is -2.17. The summed E-state index contributed by atoms with van der Waals surface area (Å²) in [5.41, 5.74) is 8.34. The Hall–Kier alpha value is -2.10. The van der Waals surface area contributed by atoms with Gasteiger partial charge < -0.3 is 10.6 Å². The fourth-order valence-electron chi connectivity index (χ4n) is 1.63. The standard InChI is InChI=1S/C13H16N4/c1-10-4-3-5-12(16-10)9-17(2)13-7-6-11(14)8-15-13/h3-8H,9,14H2,1-2H3. The Morgan fingerprint density at radius 3 is 2.71 bits per heavy atom. The topological polar surface area (TPSA) is 55.0 Å². The Morgan fingerprint density at radius 2 is 2.06 bits per heavy atom. The second kappa shape index (κ2) is 4.82. The zero-order valence-electron chi connectivity index (χ0n) is 10.1. The summed E-state index contributed by atoms with van der Waals surface area (Å²) in [4.78, 5) is 10.8. The van der Waals surface area contributed by atoms with Crippen LogP contribution in [0.2, 0.25) is 0 Å². The molecule has 2 aromatic rings. The number of anilines is 2. The smallest absolute Gasteiger partial charge is 0.128 e. The van der Waals surface area contributed by atoms with Crippen LogP contribution in [0, 0.1) is 6.92 Å². The zero-order valence-corrected chi connectivity index (χ0v) is 10.1. The van der Waals surface area contributed by atoms with E-state index in [1.807, 2.05) is 49.2 Å². The van der Waals surface area contributed by atoms with Gasteiger partial charge in [0.25, 0.3) is 0 Å². The highest BCUT2D eigenvalue weighted by molar-refractivity contribution is 5.45. The Labute approximate surface area is 101 Å². The van der Waals surface area contributed by atoms with Crippen LogP contribution in [0.4, 0.5) is 11.5 Å². The molecule has 0 unspecified atom stereocenters. The molecule has 0 atom stereocenters. The molecule has 0 spiro atoms. The van der Waals surface area contributed by atoms with Crippen molar-refractivity contribution in [2.45, 2.75) is 13.5 Å². The third-order valence-electron chi connectivity index (χ3n) is 2.51. The molecule has 0 fully saturated rings. The molecule has 0 bridgehead atoms. The van der Waals surface area contributed by atoms with Gasteiger partial charge in [0, 0.05) is 12.7 Å². The van der Waals surface area contributed by atoms with Crippen molar-refractivity contribution in [1.29, 1.82) is 0 Å². The van der Waals surface area contributed by atoms with E-state index in [4.69, 9.17) is 5.73 Å². The van der Waals surface area contributed by atoms with Gasteiger partial charge in [-0.05, 0) is 31.2 Å². The molecule has 2 aromatic heterocycles. The summed E-state index contributed by atoms with van der Waals surface area (Å²) < 4.78 is 0. The first-order chi connectivity index (χ1) is 8.15. The van der Waals surface area contributed by atoms with Crippen molar-refractivity contribution in [3.05, 3.63) is 47.9 Å². The van der Waals surface area contributed by atoms with Crippen molar-refractivity contribution in [2.24, 2.45) is 0 Å². The molecule has 88 valence electrons. The molecule has 2 N–H and O–H groups in total. The molecule has 2 rings (SSSR count). The lowest BCUT2D eigenvalue weighted by Crippen LogP contribution is -2.18. The Kier molecular flexibility index (Phi) is 3.23. The largest absolute Gasteiger partial charge is 0.397 e. The van der Waals surface area contributed by atoms with Gasteiger partial charge in [-0.1, -0.05) is 6.07 Å². The maximum Gasteiger partial charge on any atom is 0.128 e. The maximum atomic E-state index is 5.61. The second-order valence-corrected chi connectivity index (χ2v) is 4.08. The van der Waals surface area contributed by atoms with E-state index in [1.54, 1.807) is 6.20 Å². The number of pyridine rings is 2. The van der Waals surface area contributed by atoms with Gasteiger partial charge in [0.05, 0.1) is 24.1 Å². The van der Waals surface area contributed by atoms with E-state index in [0.29, 0.717) is 5.69 Å². The van der Waals surface area contributed by atoms with Crippen molar-refractivity contribution in [3.63, 3.8) is 0 Å². The first-order valence-electron chi connectivity index (χ1n) is 5.50. The fourth-order valence-corrected chi connectivity index (χ4v) is 1.63. The lowest BCUT2D eigenvalue weighted by molar-refractivity contribution is 0.859. The van der Waals surface area contributed by atoms with E-state index in [0.717, 1.165) is 23.8 Å². The Bertz CT molecular complexity index is 493. The Morgan fingerprint density at radius 1 is 1.24 bits per heavy atom. The summed E-state index contributed by atoms with van der Waals surface area (Å²) >= 11 is 0. The molecule has 17 heavy (non-hydrogen) atoms. The number of aryl methyl sites for hydroxylation is 1. The van der Waals surface area contributed by atoms with Crippen LogP contribution in [-0.4, -0.2) is 17.0 Å². The van der Waals surface area contributed by atoms with E-state index in [-0.39, 0.29) is 0 Å². The van der Waals surface area contributed by atoms with Gasteiger partial charge in [0.1, 0.15) is 5.82 Å². The van der Waals surface area contributed by atoms with Crippen LogP contribution in [0.15, 0.2) is 36.5 Å². The van der Waals surface area contributed by atoms with E-state index in [9.17, 15) is 0 Å². The monoisotopic (exact) mass is 228 g/mol. The SMILES string of the molecule is Cc1cccc(CN(C)c2ccc(N)cn2)n1. The summed E-state index contributed by atoms with van der Waals surface area (Å²) in [5, 5.41) is 0. The number of hydrogen-bond donors (Lipinski definition) is 1. The number of nitrogens with zero attached hydrogens (tertiary/aromatic N) is 3. The van der Waals surface area contributed by atoms with E-state index >= 15 is 0 Å². The highest BCUT2D eigenvalue weighted by atomic mass is 15.2. The minimum Gasteiger partial charge on any atom is -0.397 e. The van der Waals surface area contributed by atoms with Crippen molar-refractivity contribution < 1.29 is 0 Å². The van der Waals surface area contributed by atoms with Crippen molar-refractivity contribution in [3.8, 4) is 0 Å². The van der Waals surface area contributed by atoms with Crippen LogP contribution in [0.1, 0.15) is 11.4 Å². The molecule has 0 aliphatic carbocycles. The van der Waals surface area contributed by atoms with Gasteiger partial charge >= 0.3 is 0 Å². The van der Waals surface area contributed by atoms with Gasteiger partial charge in [-0.3, -0.25) is 4.98 Å². The molecular formula is C13H16N4. The van der Waals surface area contributed by atoms with E-state index in [2.05, 4.69) is 9.97 Å². The number of hydrogen-bond acceptors (Lipinski definition) is 4. The summed E-state index contributed by atoms with van der Waals surface area (Å²) in [6.07, 6.45) is 1.66. The highest BCUT2D eigenvalue weighted by Gasteiger charge is 2.04. The van der Waals surface area contributed by atoms with Crippen molar-refractivity contribution in [1.82, 2.24) is 9.97 Å². The number of aromatic nitrogens is 2. The first kappa shape index (κ1) is 11.4. The molecule has 4 heteroatoms. The molecule has 0 saturated carbocycles. The first-order valence-corrected chi connectivity index (χ1v) is 5.50. The summed E-state index contributed by atoms with van der Waals surface area (Å²) in [5.74, 6) is 0.891. The average molecular weight is 228 g/mol. The van der Waals surface area contributed by atoms with Crippen LogP contribution >= 0.6 is 0 Å². The summed E-state index contributed by atoms with van der Waals surface area (Å²) in [6.45, 7) is 2.73. The van der Waals surface area contributed by atoms with Crippen LogP contribution in [0.5, 0.6) is 0 Å². The molecule has 2 heterocycles. The number of rotatable bonds is 3. The Balaban J connectivity index is 2.11. The number of nitrogen functional groups attached to an aromatic ring is 1. The lowest BCUT2D eigenvalue weighted by atomic mass is 10.3. The quantitative estimate of drug-likeness (QED) is 0.873. The van der Waals surface area contributed by atoms with E-state index < -0.39 is 0 Å². The minimum absolute atomic E-state index is 0.677. The molecule has 0 radical (unpaired) electrons. The summed E-state index contributed by atoms with van der Waals surface area (Å²) in [7, 11) is 1.99. The molecule has 0 aliphatic rings. The van der Waals surface area contributed by atoms with Crippen LogP contribution in [-0.2, 0) is 6.54 Å². The predicted octanol–water partition coefficient (Wildman–Crippen LogP) is 2.00. The van der Waals surface area contributed by atoms with Crippen molar-refractivity contribution >= 4 is 11.5 Å². The van der Waals surface area contributed by atoms with E-state index in [1.165, 1.54) is 0 Å². The van der Waals surface area contributed by atoms with Crippen LogP contribution < -0.4 is 10.6 Å². The third-order valence-corrected chi connectivity index (χ3v) is 2.51. The molecule has 0 aliphatic heterocycles. The average Bonchev–Trinajstić information content (AvgIpc) is 2.29. The molecule has 0 saturated heterocycles.